The summed E-state index contributed by atoms with van der Waals surface area (Å²) in [6.45, 7) is 5.08. The van der Waals surface area contributed by atoms with Crippen molar-refractivity contribution in [1.82, 2.24) is 0 Å². The van der Waals surface area contributed by atoms with Gasteiger partial charge >= 0.3 is 0 Å². The van der Waals surface area contributed by atoms with Crippen molar-refractivity contribution < 1.29 is 4.39 Å². The number of hydrogen-bond donors (Lipinski definition) is 1. The van der Waals surface area contributed by atoms with Crippen molar-refractivity contribution in [2.24, 2.45) is 5.92 Å². The van der Waals surface area contributed by atoms with Gasteiger partial charge in [0, 0.05) is 6.54 Å². The van der Waals surface area contributed by atoms with Gasteiger partial charge in [0.25, 0.3) is 0 Å². The minimum Gasteiger partial charge on any atom is -0.382 e. The average Bonchev–Trinajstić information content (AvgIpc) is 2.25. The Morgan fingerprint density at radius 2 is 2.00 bits per heavy atom. The first kappa shape index (κ1) is 12.3. The van der Waals surface area contributed by atoms with Gasteiger partial charge in [0.2, 0.25) is 0 Å². The smallest absolute Gasteiger partial charge is 0.164 e. The lowest BCUT2D eigenvalue weighted by molar-refractivity contribution is 0.517. The molecule has 0 amide bonds. The molecule has 0 aromatic heterocycles. The molecule has 0 heterocycles. The van der Waals surface area contributed by atoms with Crippen LogP contribution in [0.25, 0.3) is 0 Å². The standard InChI is InChI=1S/C12H17ClFN/c1-3-9(4-2)8-15-11-7-5-6-10(13)12(11)14/h5-7,9,15H,3-4,8H2,1-2H3. The summed E-state index contributed by atoms with van der Waals surface area (Å²) in [6, 6.07) is 5.02. The normalized spacial score (nSPS) is 10.7. The summed E-state index contributed by atoms with van der Waals surface area (Å²) < 4.78 is 13.5. The fraction of sp³-hybridized carbons (Fsp3) is 0.500. The van der Waals surface area contributed by atoms with E-state index in [1.807, 2.05) is 0 Å². The molecule has 0 radical (unpaired) electrons. The molecule has 15 heavy (non-hydrogen) atoms. The van der Waals surface area contributed by atoms with Crippen LogP contribution in [0, 0.1) is 11.7 Å². The van der Waals surface area contributed by atoms with Crippen molar-refractivity contribution in [3.63, 3.8) is 0 Å². The summed E-state index contributed by atoms with van der Waals surface area (Å²) in [5.74, 6) is 0.230. The maximum absolute atomic E-state index is 13.5. The molecule has 0 saturated carbocycles. The van der Waals surface area contributed by atoms with Crippen LogP contribution in [0.15, 0.2) is 18.2 Å². The Bertz CT molecular complexity index is 310. The number of benzene rings is 1. The van der Waals surface area contributed by atoms with Gasteiger partial charge < -0.3 is 5.32 Å². The maximum Gasteiger partial charge on any atom is 0.164 e. The lowest BCUT2D eigenvalue weighted by atomic mass is 10.0. The second kappa shape index (κ2) is 5.96. The third kappa shape index (κ3) is 3.38. The zero-order valence-corrected chi connectivity index (χ0v) is 9.94. The molecule has 1 nitrogen and oxygen atoms in total. The summed E-state index contributed by atoms with van der Waals surface area (Å²) in [6.07, 6.45) is 2.21. The van der Waals surface area contributed by atoms with E-state index in [2.05, 4.69) is 19.2 Å². The summed E-state index contributed by atoms with van der Waals surface area (Å²) in [4.78, 5) is 0. The van der Waals surface area contributed by atoms with Gasteiger partial charge in [-0.15, -0.1) is 0 Å². The molecule has 0 saturated heterocycles. The molecule has 1 rings (SSSR count). The Labute approximate surface area is 95.6 Å². The van der Waals surface area contributed by atoms with Gasteiger partial charge in [0.05, 0.1) is 10.7 Å². The number of rotatable bonds is 5. The van der Waals surface area contributed by atoms with Crippen LogP contribution in [0.3, 0.4) is 0 Å². The van der Waals surface area contributed by atoms with Crippen molar-refractivity contribution in [2.75, 3.05) is 11.9 Å². The van der Waals surface area contributed by atoms with E-state index in [0.717, 1.165) is 19.4 Å². The van der Waals surface area contributed by atoms with E-state index in [0.29, 0.717) is 11.6 Å². The highest BCUT2D eigenvalue weighted by atomic mass is 35.5. The van der Waals surface area contributed by atoms with Gasteiger partial charge in [-0.05, 0) is 18.1 Å². The van der Waals surface area contributed by atoms with Crippen LogP contribution in [0.1, 0.15) is 26.7 Å². The Morgan fingerprint density at radius 3 is 2.60 bits per heavy atom. The topological polar surface area (TPSA) is 12.0 Å². The molecule has 0 aliphatic carbocycles. The van der Waals surface area contributed by atoms with Crippen molar-refractivity contribution in [3.05, 3.63) is 29.0 Å². The first-order chi connectivity index (χ1) is 7.19. The second-order valence-electron chi connectivity index (χ2n) is 3.66. The quantitative estimate of drug-likeness (QED) is 0.793. The van der Waals surface area contributed by atoms with Crippen LogP contribution in [-0.4, -0.2) is 6.54 Å². The van der Waals surface area contributed by atoms with E-state index in [4.69, 9.17) is 11.6 Å². The number of anilines is 1. The van der Waals surface area contributed by atoms with Crippen LogP contribution in [0.2, 0.25) is 5.02 Å². The van der Waals surface area contributed by atoms with Crippen LogP contribution >= 0.6 is 11.6 Å². The molecule has 0 aliphatic heterocycles. The molecule has 0 bridgehead atoms. The molecule has 0 aliphatic rings. The molecule has 0 spiro atoms. The van der Waals surface area contributed by atoms with Gasteiger partial charge in [-0.3, -0.25) is 0 Å². The average molecular weight is 230 g/mol. The highest BCUT2D eigenvalue weighted by Gasteiger charge is 2.07. The van der Waals surface area contributed by atoms with Crippen LogP contribution in [-0.2, 0) is 0 Å². The minimum atomic E-state index is -0.356. The van der Waals surface area contributed by atoms with Gasteiger partial charge in [0.15, 0.2) is 5.82 Å². The van der Waals surface area contributed by atoms with E-state index in [9.17, 15) is 4.39 Å². The van der Waals surface area contributed by atoms with Crippen molar-refractivity contribution in [1.29, 1.82) is 0 Å². The Kier molecular flexibility index (Phi) is 4.89. The lowest BCUT2D eigenvalue weighted by Gasteiger charge is -2.14. The lowest BCUT2D eigenvalue weighted by Crippen LogP contribution is -2.13. The second-order valence-corrected chi connectivity index (χ2v) is 4.07. The van der Waals surface area contributed by atoms with Crippen LogP contribution in [0.5, 0.6) is 0 Å². The fourth-order valence-corrected chi connectivity index (χ4v) is 1.65. The molecule has 0 atom stereocenters. The molecule has 84 valence electrons. The van der Waals surface area contributed by atoms with Gasteiger partial charge in [0.1, 0.15) is 0 Å². The molecule has 1 aromatic carbocycles. The summed E-state index contributed by atoms with van der Waals surface area (Å²) >= 11 is 5.68. The highest BCUT2D eigenvalue weighted by molar-refractivity contribution is 6.31. The van der Waals surface area contributed by atoms with Gasteiger partial charge in [-0.2, -0.15) is 0 Å². The molecular weight excluding hydrogens is 213 g/mol. The Morgan fingerprint density at radius 1 is 1.33 bits per heavy atom. The Balaban J connectivity index is 2.61. The third-order valence-corrected chi connectivity index (χ3v) is 2.98. The Hall–Kier alpha value is -0.760. The van der Waals surface area contributed by atoms with E-state index >= 15 is 0 Å². The molecule has 1 aromatic rings. The highest BCUT2D eigenvalue weighted by Crippen LogP contribution is 2.22. The van der Waals surface area contributed by atoms with Crippen molar-refractivity contribution in [2.45, 2.75) is 26.7 Å². The molecule has 3 heteroatoms. The first-order valence-electron chi connectivity index (χ1n) is 5.36. The minimum absolute atomic E-state index is 0.171. The van der Waals surface area contributed by atoms with Crippen molar-refractivity contribution >= 4 is 17.3 Å². The van der Waals surface area contributed by atoms with E-state index in [1.165, 1.54) is 0 Å². The number of halogens is 2. The fourth-order valence-electron chi connectivity index (χ4n) is 1.47. The van der Waals surface area contributed by atoms with Gasteiger partial charge in [-0.25, -0.2) is 4.39 Å². The molecule has 1 N–H and O–H groups in total. The predicted octanol–water partition coefficient (Wildman–Crippen LogP) is 4.33. The van der Waals surface area contributed by atoms with Crippen molar-refractivity contribution in [3.8, 4) is 0 Å². The zero-order chi connectivity index (χ0) is 11.3. The van der Waals surface area contributed by atoms with Crippen LogP contribution in [0.4, 0.5) is 10.1 Å². The number of nitrogens with one attached hydrogen (secondary N) is 1. The summed E-state index contributed by atoms with van der Waals surface area (Å²) in [5, 5.41) is 3.27. The largest absolute Gasteiger partial charge is 0.382 e. The maximum atomic E-state index is 13.5. The van der Waals surface area contributed by atoms with E-state index in [1.54, 1.807) is 18.2 Å². The monoisotopic (exact) mass is 229 g/mol. The SMILES string of the molecule is CCC(CC)CNc1cccc(Cl)c1F. The van der Waals surface area contributed by atoms with E-state index < -0.39 is 0 Å². The summed E-state index contributed by atoms with van der Waals surface area (Å²) in [7, 11) is 0. The molecule has 0 unspecified atom stereocenters. The van der Waals surface area contributed by atoms with Crippen LogP contribution < -0.4 is 5.32 Å². The van der Waals surface area contributed by atoms with Gasteiger partial charge in [-0.1, -0.05) is 44.4 Å². The zero-order valence-electron chi connectivity index (χ0n) is 9.19. The summed E-state index contributed by atoms with van der Waals surface area (Å²) in [5.41, 5.74) is 0.495. The first-order valence-corrected chi connectivity index (χ1v) is 5.74. The predicted molar refractivity (Wildman–Crippen MR) is 64.0 cm³/mol. The molecule has 0 fully saturated rings. The number of hydrogen-bond acceptors (Lipinski definition) is 1. The third-order valence-electron chi connectivity index (χ3n) is 2.69. The molecular formula is C12H17ClFN. The van der Waals surface area contributed by atoms with E-state index in [-0.39, 0.29) is 10.8 Å².